The molecule has 0 bridgehead atoms. The molecule has 0 fully saturated rings. The lowest BCUT2D eigenvalue weighted by molar-refractivity contribution is 0.403. The molecule has 0 amide bonds. The van der Waals surface area contributed by atoms with E-state index in [1.165, 1.54) is 31.5 Å². The molecule has 0 saturated heterocycles. The Morgan fingerprint density at radius 3 is 2.67 bits per heavy atom. The van der Waals surface area contributed by atoms with Crippen LogP contribution in [0.4, 0.5) is 11.5 Å². The van der Waals surface area contributed by atoms with Crippen molar-refractivity contribution in [2.45, 2.75) is 11.8 Å². The molecule has 0 radical (unpaired) electrons. The molecule has 0 saturated carbocycles. The van der Waals surface area contributed by atoms with Gasteiger partial charge in [-0.15, -0.1) is 0 Å². The number of anilines is 2. The van der Waals surface area contributed by atoms with Gasteiger partial charge in [0.15, 0.2) is 0 Å². The molecular weight excluding hydrogens is 358 g/mol. The second-order valence-corrected chi connectivity index (χ2v) is 6.90. The van der Waals surface area contributed by atoms with Gasteiger partial charge >= 0.3 is 0 Å². The van der Waals surface area contributed by atoms with Crippen LogP contribution in [0.2, 0.25) is 0 Å². The largest absolute Gasteiger partial charge is 0.495 e. The standard InChI is InChI=1S/C13H14BrN3O3S/c1-8-5-9(14)7-16-13(8)17-21(18,19)12-4-3-10(15)6-11(12)20-2/h3-7H,15H2,1-2H3,(H,16,17). The third-order valence-corrected chi connectivity index (χ3v) is 4.57. The number of nitrogens with one attached hydrogen (secondary N) is 1. The average Bonchev–Trinajstić information content (AvgIpc) is 2.41. The molecule has 0 unspecified atom stereocenters. The molecule has 0 atom stereocenters. The average molecular weight is 372 g/mol. The molecule has 0 aliphatic rings. The van der Waals surface area contributed by atoms with E-state index in [1.54, 1.807) is 13.0 Å². The van der Waals surface area contributed by atoms with Crippen molar-refractivity contribution >= 4 is 37.5 Å². The first-order valence-corrected chi connectivity index (χ1v) is 8.19. The third kappa shape index (κ3) is 3.45. The summed E-state index contributed by atoms with van der Waals surface area (Å²) in [6, 6.07) is 6.12. The van der Waals surface area contributed by atoms with Gasteiger partial charge in [0.2, 0.25) is 0 Å². The summed E-state index contributed by atoms with van der Waals surface area (Å²) in [6.45, 7) is 1.76. The number of rotatable bonds is 4. The highest BCUT2D eigenvalue weighted by atomic mass is 79.9. The Balaban J connectivity index is 2.43. The topological polar surface area (TPSA) is 94.3 Å². The van der Waals surface area contributed by atoms with E-state index in [9.17, 15) is 8.42 Å². The summed E-state index contributed by atoms with van der Waals surface area (Å²) < 4.78 is 33.2. The molecule has 0 spiro atoms. The number of pyridine rings is 1. The van der Waals surface area contributed by atoms with Crippen LogP contribution < -0.4 is 15.2 Å². The van der Waals surface area contributed by atoms with Crippen LogP contribution in [0.1, 0.15) is 5.56 Å². The van der Waals surface area contributed by atoms with Gasteiger partial charge in [-0.1, -0.05) is 0 Å². The minimum atomic E-state index is -3.82. The maximum Gasteiger partial charge on any atom is 0.266 e. The molecule has 0 aliphatic carbocycles. The normalized spacial score (nSPS) is 11.2. The van der Waals surface area contributed by atoms with Crippen LogP contribution in [0.15, 0.2) is 39.8 Å². The van der Waals surface area contributed by atoms with Crippen molar-refractivity contribution in [3.8, 4) is 5.75 Å². The number of ether oxygens (including phenoxy) is 1. The molecule has 1 heterocycles. The molecule has 8 heteroatoms. The van der Waals surface area contributed by atoms with Gasteiger partial charge in [0.05, 0.1) is 7.11 Å². The lowest BCUT2D eigenvalue weighted by Gasteiger charge is -2.13. The van der Waals surface area contributed by atoms with Crippen LogP contribution in [0.5, 0.6) is 5.75 Å². The van der Waals surface area contributed by atoms with Crippen LogP contribution >= 0.6 is 15.9 Å². The fraction of sp³-hybridized carbons (Fsp3) is 0.154. The van der Waals surface area contributed by atoms with Crippen LogP contribution in [0.3, 0.4) is 0 Å². The number of nitrogens with zero attached hydrogens (tertiary/aromatic N) is 1. The van der Waals surface area contributed by atoms with E-state index in [0.717, 1.165) is 4.47 Å². The minimum absolute atomic E-state index is 0.00307. The Kier molecular flexibility index (Phi) is 4.38. The van der Waals surface area contributed by atoms with E-state index in [4.69, 9.17) is 10.5 Å². The van der Waals surface area contributed by atoms with Gasteiger partial charge in [-0.3, -0.25) is 4.72 Å². The summed E-state index contributed by atoms with van der Waals surface area (Å²) in [5, 5.41) is 0. The van der Waals surface area contributed by atoms with Crippen LogP contribution in [0, 0.1) is 6.92 Å². The minimum Gasteiger partial charge on any atom is -0.495 e. The Bertz CT molecular complexity index is 778. The predicted octanol–water partition coefficient (Wildman–Crippen LogP) is 2.54. The summed E-state index contributed by atoms with van der Waals surface area (Å²) in [4.78, 5) is 4.06. The van der Waals surface area contributed by atoms with Crippen molar-refractivity contribution in [2.24, 2.45) is 0 Å². The van der Waals surface area contributed by atoms with Crippen LogP contribution in [-0.4, -0.2) is 20.5 Å². The lowest BCUT2D eigenvalue weighted by Crippen LogP contribution is -2.16. The van der Waals surface area contributed by atoms with E-state index < -0.39 is 10.0 Å². The highest BCUT2D eigenvalue weighted by Gasteiger charge is 2.21. The smallest absolute Gasteiger partial charge is 0.266 e. The Labute approximate surface area is 131 Å². The number of benzene rings is 1. The number of aryl methyl sites for hydroxylation is 1. The van der Waals surface area contributed by atoms with Crippen LogP contribution in [0.25, 0.3) is 0 Å². The summed E-state index contributed by atoms with van der Waals surface area (Å²) in [6.07, 6.45) is 1.52. The van der Waals surface area contributed by atoms with Crippen LogP contribution in [-0.2, 0) is 10.0 Å². The molecule has 3 N–H and O–H groups in total. The Hall–Kier alpha value is -1.80. The fourth-order valence-electron chi connectivity index (χ4n) is 1.74. The van der Waals surface area contributed by atoms with E-state index in [1.807, 2.05) is 0 Å². The van der Waals surface area contributed by atoms with Gasteiger partial charge in [0, 0.05) is 22.4 Å². The van der Waals surface area contributed by atoms with E-state index >= 15 is 0 Å². The number of methoxy groups -OCH3 is 1. The van der Waals surface area contributed by atoms with E-state index in [0.29, 0.717) is 11.3 Å². The second kappa shape index (κ2) is 5.90. The van der Waals surface area contributed by atoms with Crippen molar-refractivity contribution in [3.63, 3.8) is 0 Å². The van der Waals surface area contributed by atoms with Crippen molar-refractivity contribution in [1.29, 1.82) is 0 Å². The maximum absolute atomic E-state index is 12.4. The first-order chi connectivity index (χ1) is 9.83. The van der Waals surface area contributed by atoms with Gasteiger partial charge in [0.1, 0.15) is 16.5 Å². The molecule has 1 aromatic heterocycles. The number of hydrogen-bond acceptors (Lipinski definition) is 5. The number of sulfonamides is 1. The predicted molar refractivity (Wildman–Crippen MR) is 84.9 cm³/mol. The quantitative estimate of drug-likeness (QED) is 0.805. The van der Waals surface area contributed by atoms with Gasteiger partial charge in [-0.05, 0) is 46.6 Å². The summed E-state index contributed by atoms with van der Waals surface area (Å²) in [5.41, 5.74) is 6.74. The number of nitrogens with two attached hydrogens (primary N) is 1. The number of halogens is 1. The van der Waals surface area contributed by atoms with Crippen molar-refractivity contribution < 1.29 is 13.2 Å². The SMILES string of the molecule is COc1cc(N)ccc1S(=O)(=O)Nc1ncc(Br)cc1C. The molecule has 21 heavy (non-hydrogen) atoms. The zero-order chi connectivity index (χ0) is 15.6. The molecule has 1 aromatic carbocycles. The highest BCUT2D eigenvalue weighted by molar-refractivity contribution is 9.10. The van der Waals surface area contributed by atoms with E-state index in [-0.39, 0.29) is 16.5 Å². The summed E-state index contributed by atoms with van der Waals surface area (Å²) >= 11 is 3.28. The summed E-state index contributed by atoms with van der Waals surface area (Å²) in [5.74, 6) is 0.439. The van der Waals surface area contributed by atoms with Crippen molar-refractivity contribution in [1.82, 2.24) is 4.98 Å². The number of nitrogen functional groups attached to an aromatic ring is 1. The maximum atomic E-state index is 12.4. The molecule has 2 rings (SSSR count). The zero-order valence-electron chi connectivity index (χ0n) is 11.4. The van der Waals surface area contributed by atoms with Gasteiger partial charge < -0.3 is 10.5 Å². The second-order valence-electron chi connectivity index (χ2n) is 4.33. The zero-order valence-corrected chi connectivity index (χ0v) is 13.8. The summed E-state index contributed by atoms with van der Waals surface area (Å²) in [7, 11) is -2.43. The Morgan fingerprint density at radius 2 is 2.05 bits per heavy atom. The van der Waals surface area contributed by atoms with Crippen molar-refractivity contribution in [3.05, 3.63) is 40.5 Å². The monoisotopic (exact) mass is 371 g/mol. The Morgan fingerprint density at radius 1 is 1.33 bits per heavy atom. The van der Waals surface area contributed by atoms with Gasteiger partial charge in [0.25, 0.3) is 10.0 Å². The first-order valence-electron chi connectivity index (χ1n) is 5.92. The van der Waals surface area contributed by atoms with Crippen molar-refractivity contribution in [2.75, 3.05) is 17.6 Å². The molecule has 2 aromatic rings. The third-order valence-electron chi connectivity index (χ3n) is 2.75. The van der Waals surface area contributed by atoms with E-state index in [2.05, 4.69) is 25.6 Å². The first kappa shape index (κ1) is 15.6. The number of aromatic nitrogens is 1. The molecule has 112 valence electrons. The fourth-order valence-corrected chi connectivity index (χ4v) is 3.41. The van der Waals surface area contributed by atoms with Gasteiger partial charge in [-0.2, -0.15) is 0 Å². The highest BCUT2D eigenvalue weighted by Crippen LogP contribution is 2.28. The molecule has 0 aliphatic heterocycles. The molecule has 6 nitrogen and oxygen atoms in total. The molecular formula is C13H14BrN3O3S. The van der Waals surface area contributed by atoms with Gasteiger partial charge in [-0.25, -0.2) is 13.4 Å². The lowest BCUT2D eigenvalue weighted by atomic mass is 10.3. The number of hydrogen-bond donors (Lipinski definition) is 2.